The molecule has 0 saturated heterocycles. The monoisotopic (exact) mass is 278 g/mol. The molecule has 0 spiro atoms. The highest BCUT2D eigenvalue weighted by Gasteiger charge is 2.05. The molecule has 2 N–H and O–H groups in total. The van der Waals surface area contributed by atoms with E-state index in [9.17, 15) is 4.79 Å². The quantitative estimate of drug-likeness (QED) is 0.790. The molecule has 0 amide bonds. The van der Waals surface area contributed by atoms with Gasteiger partial charge in [-0.15, -0.1) is 5.10 Å². The summed E-state index contributed by atoms with van der Waals surface area (Å²) < 4.78 is 1.50. The van der Waals surface area contributed by atoms with Crippen molar-refractivity contribution >= 4 is 11.8 Å². The van der Waals surface area contributed by atoms with E-state index in [0.717, 1.165) is 24.4 Å². The molecule has 1 aromatic heterocycles. The largest absolute Gasteiger partial charge is 0.343 e. The predicted octanol–water partition coefficient (Wildman–Crippen LogP) is 1.76. The Morgan fingerprint density at radius 3 is 2.68 bits per heavy atom. The van der Waals surface area contributed by atoms with Crippen LogP contribution in [-0.4, -0.2) is 21.3 Å². The van der Waals surface area contributed by atoms with E-state index in [1.807, 2.05) is 12.1 Å². The zero-order valence-electron chi connectivity index (χ0n) is 11.1. The van der Waals surface area contributed by atoms with Gasteiger partial charge in [0.05, 0.1) is 0 Å². The average molecular weight is 278 g/mol. The lowest BCUT2D eigenvalue weighted by Crippen LogP contribution is -2.13. The fourth-order valence-electron chi connectivity index (χ4n) is 1.61. The Balaban J connectivity index is 1.98. The third-order valence-electron chi connectivity index (χ3n) is 2.73. The summed E-state index contributed by atoms with van der Waals surface area (Å²) >= 11 is 1.47. The standard InChI is InChI=1S/C13H18N4OS/c1-3-8-14-9-10-4-6-11(7-5-10)19-13-16-15-12(18)17(13)2/h4-7,14H,3,8-9H2,1-2H3,(H,15,18). The minimum absolute atomic E-state index is 0.192. The molecule has 1 aromatic carbocycles. The number of H-pyrrole nitrogens is 1. The van der Waals surface area contributed by atoms with Gasteiger partial charge in [-0.2, -0.15) is 0 Å². The summed E-state index contributed by atoms with van der Waals surface area (Å²) in [6, 6.07) is 8.28. The molecule has 0 aliphatic rings. The van der Waals surface area contributed by atoms with Gasteiger partial charge in [-0.3, -0.25) is 4.57 Å². The fraction of sp³-hybridized carbons (Fsp3) is 0.385. The molecular formula is C13H18N4OS. The first kappa shape index (κ1) is 13.9. The molecule has 2 rings (SSSR count). The van der Waals surface area contributed by atoms with Crippen molar-refractivity contribution in [3.05, 3.63) is 40.3 Å². The Morgan fingerprint density at radius 2 is 2.11 bits per heavy atom. The summed E-state index contributed by atoms with van der Waals surface area (Å²) in [5.41, 5.74) is 1.07. The lowest BCUT2D eigenvalue weighted by Gasteiger charge is -2.04. The van der Waals surface area contributed by atoms with E-state index in [4.69, 9.17) is 0 Å². The van der Waals surface area contributed by atoms with Crippen LogP contribution in [0.3, 0.4) is 0 Å². The minimum Gasteiger partial charge on any atom is -0.313 e. The second-order valence-electron chi connectivity index (χ2n) is 4.29. The maximum absolute atomic E-state index is 11.3. The lowest BCUT2D eigenvalue weighted by atomic mass is 10.2. The summed E-state index contributed by atoms with van der Waals surface area (Å²) in [7, 11) is 1.71. The van der Waals surface area contributed by atoms with Gasteiger partial charge in [0.25, 0.3) is 0 Å². The van der Waals surface area contributed by atoms with E-state index >= 15 is 0 Å². The molecule has 1 heterocycles. The molecular weight excluding hydrogens is 260 g/mol. The van der Waals surface area contributed by atoms with Gasteiger partial charge in [0.1, 0.15) is 0 Å². The van der Waals surface area contributed by atoms with Crippen molar-refractivity contribution in [2.75, 3.05) is 6.54 Å². The SMILES string of the molecule is CCCNCc1ccc(Sc2n[nH]c(=O)n2C)cc1. The maximum Gasteiger partial charge on any atom is 0.343 e. The van der Waals surface area contributed by atoms with E-state index in [1.165, 1.54) is 21.9 Å². The summed E-state index contributed by atoms with van der Waals surface area (Å²) in [5.74, 6) is 0. The summed E-state index contributed by atoms with van der Waals surface area (Å²) in [6.07, 6.45) is 1.14. The molecule has 0 bridgehead atoms. The molecule has 0 saturated carbocycles. The summed E-state index contributed by atoms with van der Waals surface area (Å²) in [6.45, 7) is 4.08. The van der Waals surface area contributed by atoms with E-state index in [0.29, 0.717) is 5.16 Å². The molecule has 5 nitrogen and oxygen atoms in total. The van der Waals surface area contributed by atoms with Crippen molar-refractivity contribution in [1.82, 2.24) is 20.1 Å². The molecule has 0 atom stereocenters. The zero-order chi connectivity index (χ0) is 13.7. The van der Waals surface area contributed by atoms with Crippen LogP contribution in [0, 0.1) is 0 Å². The molecule has 0 aliphatic heterocycles. The Labute approximate surface area is 116 Å². The molecule has 0 fully saturated rings. The number of aromatic amines is 1. The Bertz CT molecular complexity index is 573. The Morgan fingerprint density at radius 1 is 1.37 bits per heavy atom. The second-order valence-corrected chi connectivity index (χ2v) is 5.33. The van der Waals surface area contributed by atoms with Gasteiger partial charge in [-0.25, -0.2) is 9.89 Å². The third kappa shape index (κ3) is 3.71. The zero-order valence-corrected chi connectivity index (χ0v) is 12.0. The Hall–Kier alpha value is -1.53. The van der Waals surface area contributed by atoms with Gasteiger partial charge >= 0.3 is 5.69 Å². The molecule has 0 aliphatic carbocycles. The number of rotatable bonds is 6. The van der Waals surface area contributed by atoms with Crippen LogP contribution in [-0.2, 0) is 13.6 Å². The summed E-state index contributed by atoms with van der Waals surface area (Å²) in [5, 5.41) is 10.4. The van der Waals surface area contributed by atoms with Crippen LogP contribution in [0.4, 0.5) is 0 Å². The van der Waals surface area contributed by atoms with Crippen molar-refractivity contribution in [2.24, 2.45) is 7.05 Å². The molecule has 6 heteroatoms. The van der Waals surface area contributed by atoms with E-state index < -0.39 is 0 Å². The molecule has 0 radical (unpaired) electrons. The van der Waals surface area contributed by atoms with Crippen LogP contribution >= 0.6 is 11.8 Å². The summed E-state index contributed by atoms with van der Waals surface area (Å²) in [4.78, 5) is 12.3. The van der Waals surface area contributed by atoms with Crippen LogP contribution in [0.1, 0.15) is 18.9 Å². The number of nitrogens with zero attached hydrogens (tertiary/aromatic N) is 2. The van der Waals surface area contributed by atoms with Gasteiger partial charge in [0, 0.05) is 18.5 Å². The second kappa shape index (κ2) is 6.58. The first-order chi connectivity index (χ1) is 9.20. The number of hydrogen-bond donors (Lipinski definition) is 2. The number of benzene rings is 1. The van der Waals surface area contributed by atoms with E-state index in [-0.39, 0.29) is 5.69 Å². The molecule has 2 aromatic rings. The number of nitrogens with one attached hydrogen (secondary N) is 2. The van der Waals surface area contributed by atoms with Gasteiger partial charge in [0.2, 0.25) is 0 Å². The van der Waals surface area contributed by atoms with Gasteiger partial charge in [0.15, 0.2) is 5.16 Å². The smallest absolute Gasteiger partial charge is 0.313 e. The van der Waals surface area contributed by atoms with Crippen LogP contribution in [0.15, 0.2) is 39.1 Å². The number of aromatic nitrogens is 3. The lowest BCUT2D eigenvalue weighted by molar-refractivity contribution is 0.675. The van der Waals surface area contributed by atoms with Crippen molar-refractivity contribution in [3.8, 4) is 0 Å². The minimum atomic E-state index is -0.192. The number of hydrogen-bond acceptors (Lipinski definition) is 4. The van der Waals surface area contributed by atoms with Crippen molar-refractivity contribution in [1.29, 1.82) is 0 Å². The van der Waals surface area contributed by atoms with Crippen LogP contribution in [0.2, 0.25) is 0 Å². The molecule has 102 valence electrons. The first-order valence-electron chi connectivity index (χ1n) is 6.29. The van der Waals surface area contributed by atoms with Crippen molar-refractivity contribution in [2.45, 2.75) is 29.9 Å². The molecule has 19 heavy (non-hydrogen) atoms. The Kier molecular flexibility index (Phi) is 4.81. The van der Waals surface area contributed by atoms with Gasteiger partial charge < -0.3 is 5.32 Å². The topological polar surface area (TPSA) is 62.7 Å². The highest BCUT2D eigenvalue weighted by molar-refractivity contribution is 7.99. The van der Waals surface area contributed by atoms with Crippen molar-refractivity contribution < 1.29 is 0 Å². The third-order valence-corrected chi connectivity index (χ3v) is 3.78. The van der Waals surface area contributed by atoms with Crippen LogP contribution in [0.5, 0.6) is 0 Å². The first-order valence-corrected chi connectivity index (χ1v) is 7.11. The fourth-order valence-corrected chi connectivity index (χ4v) is 2.41. The normalized spacial score (nSPS) is 10.8. The predicted molar refractivity (Wildman–Crippen MR) is 76.4 cm³/mol. The highest BCUT2D eigenvalue weighted by atomic mass is 32.2. The van der Waals surface area contributed by atoms with Gasteiger partial charge in [-0.05, 0) is 42.4 Å². The van der Waals surface area contributed by atoms with Gasteiger partial charge in [-0.1, -0.05) is 19.1 Å². The van der Waals surface area contributed by atoms with Crippen LogP contribution in [0.25, 0.3) is 0 Å². The van der Waals surface area contributed by atoms with Crippen molar-refractivity contribution in [3.63, 3.8) is 0 Å². The van der Waals surface area contributed by atoms with Crippen LogP contribution < -0.4 is 11.0 Å². The highest BCUT2D eigenvalue weighted by Crippen LogP contribution is 2.24. The average Bonchev–Trinajstić information content (AvgIpc) is 2.73. The maximum atomic E-state index is 11.3. The molecule has 0 unspecified atom stereocenters. The van der Waals surface area contributed by atoms with E-state index in [2.05, 4.69) is 34.6 Å². The van der Waals surface area contributed by atoms with E-state index in [1.54, 1.807) is 7.05 Å².